The van der Waals surface area contributed by atoms with E-state index in [4.69, 9.17) is 9.98 Å². The van der Waals surface area contributed by atoms with Crippen molar-refractivity contribution in [2.75, 3.05) is 75.0 Å². The van der Waals surface area contributed by atoms with Gasteiger partial charge in [0.25, 0.3) is 0 Å². The number of hydrogen-bond donors (Lipinski definition) is 0. The van der Waals surface area contributed by atoms with E-state index in [1.54, 1.807) is 0 Å². The van der Waals surface area contributed by atoms with Crippen molar-refractivity contribution in [3.05, 3.63) is 137 Å². The molecule has 2 heterocycles. The van der Waals surface area contributed by atoms with Crippen LogP contribution in [0.2, 0.25) is 0 Å². The third-order valence-corrected chi connectivity index (χ3v) is 13.0. The maximum atomic E-state index is 5.25. The summed E-state index contributed by atoms with van der Waals surface area (Å²) in [6, 6.07) is 35.2. The van der Waals surface area contributed by atoms with Gasteiger partial charge in [0.15, 0.2) is 0 Å². The van der Waals surface area contributed by atoms with Gasteiger partial charge in [0.05, 0.1) is 23.1 Å². The molecule has 2 aliphatic rings. The first-order valence-electron chi connectivity index (χ1n) is 22.5. The van der Waals surface area contributed by atoms with Crippen molar-refractivity contribution in [1.82, 2.24) is 9.88 Å². The summed E-state index contributed by atoms with van der Waals surface area (Å²) in [7, 11) is 13.0. The number of hydrogen-bond acceptors (Lipinski definition) is 7. The standard InChI is InChI=1S/C54H65N8/c1-37-33-45-51(35-49(37)57(5)6)61(41-23-17-15-18-24-41)53-39(3)47(29-27-43(53)55-45)59(9)31-21-13-11-12-14-22-32-60(10)48-30-28-44-54(40(48)4)62(42-25-19-16-20-26-42)52-36-50(58(7)8)38(2)34-46(52)56-44/h15-20,23-30,33-36,53H,11-14,21-22,31-32H2,1-10H3/q+1. The molecule has 1 aromatic heterocycles. The Balaban J connectivity index is 0.889. The zero-order valence-electron chi connectivity index (χ0n) is 38.7. The summed E-state index contributed by atoms with van der Waals surface area (Å²) in [6.07, 6.45) is 11.9. The summed E-state index contributed by atoms with van der Waals surface area (Å²) >= 11 is 0. The highest BCUT2D eigenvalue weighted by Gasteiger charge is 2.36. The molecule has 8 nitrogen and oxygen atoms in total. The molecule has 0 saturated heterocycles. The molecule has 0 bridgehead atoms. The molecule has 0 radical (unpaired) electrons. The summed E-state index contributed by atoms with van der Waals surface area (Å²) in [5.41, 5.74) is 20.0. The second-order valence-electron chi connectivity index (χ2n) is 17.9. The number of aryl methyl sites for hydroxylation is 3. The van der Waals surface area contributed by atoms with Gasteiger partial charge in [-0.05, 0) is 112 Å². The van der Waals surface area contributed by atoms with Crippen LogP contribution in [0.3, 0.4) is 0 Å². The molecule has 0 saturated carbocycles. The van der Waals surface area contributed by atoms with Crippen LogP contribution in [0.4, 0.5) is 34.1 Å². The Morgan fingerprint density at radius 3 is 1.89 bits per heavy atom. The largest absolute Gasteiger partial charge is 0.377 e. The topological polar surface area (TPSA) is 45.3 Å². The van der Waals surface area contributed by atoms with Gasteiger partial charge in [0.2, 0.25) is 16.7 Å². The van der Waals surface area contributed by atoms with E-state index in [0.29, 0.717) is 0 Å². The number of likely N-dealkylation sites (N-methyl/N-ethyl adjacent to an activating group) is 1. The summed E-state index contributed by atoms with van der Waals surface area (Å²) in [5, 5.41) is 0. The molecule has 0 amide bonds. The van der Waals surface area contributed by atoms with E-state index >= 15 is 0 Å². The highest BCUT2D eigenvalue weighted by Crippen LogP contribution is 2.46. The van der Waals surface area contributed by atoms with Crippen molar-refractivity contribution < 1.29 is 4.57 Å². The van der Waals surface area contributed by atoms with Crippen LogP contribution in [0.5, 0.6) is 0 Å². The molecule has 1 unspecified atom stereocenters. The number of aliphatic imine (C=N–C) groups is 1. The fourth-order valence-corrected chi connectivity index (χ4v) is 9.81. The highest BCUT2D eigenvalue weighted by atomic mass is 15.2. The van der Waals surface area contributed by atoms with E-state index in [1.165, 1.54) is 94.8 Å². The van der Waals surface area contributed by atoms with E-state index in [1.807, 2.05) is 0 Å². The van der Waals surface area contributed by atoms with Crippen LogP contribution < -0.4 is 24.2 Å². The van der Waals surface area contributed by atoms with E-state index in [-0.39, 0.29) is 6.04 Å². The van der Waals surface area contributed by atoms with E-state index in [0.717, 1.165) is 52.4 Å². The lowest BCUT2D eigenvalue weighted by Gasteiger charge is -2.42. The zero-order chi connectivity index (χ0) is 43.7. The molecule has 0 spiro atoms. The minimum absolute atomic E-state index is 0.0448. The summed E-state index contributed by atoms with van der Waals surface area (Å²) < 4.78 is 2.41. The molecule has 5 aromatic carbocycles. The smallest absolute Gasteiger partial charge is 0.242 e. The molecule has 0 N–H and O–H groups in total. The Bertz CT molecular complexity index is 2680. The first-order valence-corrected chi connectivity index (χ1v) is 22.5. The SMILES string of the molecule is CC1=C(N(C)CCCCCCCCN(C)c2ccc3nc4cc(C)c(N(C)C)cc4[n+](-c4ccccc4)c3c2C)C=CC2=Nc3cc(C)c(N(C)C)cc3N(c3ccccc3)C21. The lowest BCUT2D eigenvalue weighted by atomic mass is 9.90. The Morgan fingerprint density at radius 1 is 0.597 bits per heavy atom. The van der Waals surface area contributed by atoms with Crippen LogP contribution in [-0.4, -0.2) is 77.0 Å². The number of para-hydroxylation sites is 2. The number of rotatable bonds is 15. The molecule has 320 valence electrons. The molecular weight excluding hydrogens is 761 g/mol. The Labute approximate surface area is 370 Å². The maximum absolute atomic E-state index is 5.25. The number of aromatic nitrogens is 2. The van der Waals surface area contributed by atoms with Crippen LogP contribution in [-0.2, 0) is 0 Å². The summed E-state index contributed by atoms with van der Waals surface area (Å²) in [4.78, 5) is 22.3. The number of unbranched alkanes of at least 4 members (excludes halogenated alkanes) is 5. The van der Waals surface area contributed by atoms with Crippen LogP contribution in [0.25, 0.3) is 27.8 Å². The second-order valence-corrected chi connectivity index (χ2v) is 17.9. The first-order chi connectivity index (χ1) is 29.9. The van der Waals surface area contributed by atoms with Gasteiger partial charge in [-0.3, -0.25) is 0 Å². The van der Waals surface area contributed by atoms with Crippen LogP contribution >= 0.6 is 0 Å². The van der Waals surface area contributed by atoms with Gasteiger partial charge in [-0.2, -0.15) is 0 Å². The lowest BCUT2D eigenvalue weighted by Crippen LogP contribution is -2.43. The van der Waals surface area contributed by atoms with Gasteiger partial charge < -0.3 is 24.5 Å². The average molecular weight is 826 g/mol. The molecule has 1 aliphatic heterocycles. The molecule has 62 heavy (non-hydrogen) atoms. The molecular formula is C54H65N8+. The molecule has 8 heteroatoms. The third kappa shape index (κ3) is 8.27. The highest BCUT2D eigenvalue weighted by molar-refractivity contribution is 6.11. The molecule has 1 atom stereocenters. The van der Waals surface area contributed by atoms with Crippen molar-refractivity contribution in [3.63, 3.8) is 0 Å². The van der Waals surface area contributed by atoms with Gasteiger partial charge in [-0.25, -0.2) is 9.98 Å². The molecule has 0 fully saturated rings. The van der Waals surface area contributed by atoms with Crippen molar-refractivity contribution >= 4 is 61.9 Å². The minimum atomic E-state index is 0.0448. The van der Waals surface area contributed by atoms with Crippen molar-refractivity contribution in [1.29, 1.82) is 0 Å². The predicted molar refractivity (Wildman–Crippen MR) is 265 cm³/mol. The predicted octanol–water partition coefficient (Wildman–Crippen LogP) is 11.6. The van der Waals surface area contributed by atoms with Crippen molar-refractivity contribution in [3.8, 4) is 5.69 Å². The molecule has 1 aliphatic carbocycles. The number of nitrogens with zero attached hydrogens (tertiary/aromatic N) is 8. The van der Waals surface area contributed by atoms with E-state index in [9.17, 15) is 0 Å². The van der Waals surface area contributed by atoms with Gasteiger partial charge in [0.1, 0.15) is 11.0 Å². The number of allylic oxidation sites excluding steroid dienone is 1. The number of anilines is 5. The fraction of sp³-hybridized carbons (Fsp3) is 0.352. The maximum Gasteiger partial charge on any atom is 0.242 e. The fourth-order valence-electron chi connectivity index (χ4n) is 9.81. The summed E-state index contributed by atoms with van der Waals surface area (Å²) in [5.74, 6) is 0. The van der Waals surface area contributed by atoms with Gasteiger partial charge in [-0.1, -0.05) is 62.1 Å². The van der Waals surface area contributed by atoms with Crippen LogP contribution in [0.15, 0.2) is 125 Å². The zero-order valence-corrected chi connectivity index (χ0v) is 38.7. The first kappa shape index (κ1) is 42.5. The Kier molecular flexibility index (Phi) is 12.4. The average Bonchev–Trinajstić information content (AvgIpc) is 3.26. The van der Waals surface area contributed by atoms with Gasteiger partial charge in [-0.15, -0.1) is 4.57 Å². The van der Waals surface area contributed by atoms with Crippen molar-refractivity contribution in [2.45, 2.75) is 72.3 Å². The normalized spacial score (nSPS) is 14.6. The van der Waals surface area contributed by atoms with Crippen molar-refractivity contribution in [2.24, 2.45) is 4.99 Å². The number of benzene rings is 5. The quantitative estimate of drug-likeness (QED) is 0.0584. The third-order valence-electron chi connectivity index (χ3n) is 13.0. The Hall–Kier alpha value is -6.15. The van der Waals surface area contributed by atoms with Crippen LogP contribution in [0.1, 0.15) is 62.1 Å². The lowest BCUT2D eigenvalue weighted by molar-refractivity contribution is -0.538. The van der Waals surface area contributed by atoms with E-state index in [2.05, 4.69) is 208 Å². The second kappa shape index (κ2) is 18.1. The van der Waals surface area contributed by atoms with E-state index < -0.39 is 0 Å². The monoisotopic (exact) mass is 826 g/mol. The van der Waals surface area contributed by atoms with Gasteiger partial charge in [0, 0.05) is 108 Å². The Morgan fingerprint density at radius 2 is 1.21 bits per heavy atom. The number of fused-ring (bicyclic) bond motifs is 4. The van der Waals surface area contributed by atoms with Crippen LogP contribution in [0, 0.1) is 20.8 Å². The van der Waals surface area contributed by atoms with Gasteiger partial charge >= 0.3 is 0 Å². The molecule has 8 rings (SSSR count). The summed E-state index contributed by atoms with van der Waals surface area (Å²) in [6.45, 7) is 11.0. The molecule has 6 aromatic rings. The minimum Gasteiger partial charge on any atom is -0.377 e.